The molecule has 0 spiro atoms. The Balaban J connectivity index is 1.38. The van der Waals surface area contributed by atoms with Crippen molar-refractivity contribution in [3.8, 4) is 5.75 Å². The number of sulfone groups is 1. The Morgan fingerprint density at radius 3 is 2.44 bits per heavy atom. The molecular weight excluding hydrogens is 431 g/mol. The Hall–Kier alpha value is -2.45. The fourth-order valence-corrected chi connectivity index (χ4v) is 5.10. The number of amides is 1. The largest absolute Gasteiger partial charge is 0.489 e. The average molecular weight is 461 g/mol. The summed E-state index contributed by atoms with van der Waals surface area (Å²) in [6, 6.07) is 10.8. The van der Waals surface area contributed by atoms with Crippen molar-refractivity contribution < 1.29 is 22.3 Å². The van der Waals surface area contributed by atoms with E-state index in [4.69, 9.17) is 4.74 Å². The smallest absolute Gasteiger partial charge is 0.257 e. The van der Waals surface area contributed by atoms with E-state index in [2.05, 4.69) is 4.90 Å². The predicted molar refractivity (Wildman–Crippen MR) is 120 cm³/mol. The second-order valence-corrected chi connectivity index (χ2v) is 10.7. The van der Waals surface area contributed by atoms with Gasteiger partial charge in [-0.1, -0.05) is 12.1 Å². The molecule has 6 nitrogen and oxygen atoms in total. The van der Waals surface area contributed by atoms with Crippen LogP contribution in [0, 0.1) is 5.82 Å². The number of hydrogen-bond donors (Lipinski definition) is 0. The van der Waals surface area contributed by atoms with Crippen molar-refractivity contribution >= 4 is 15.7 Å². The van der Waals surface area contributed by atoms with E-state index in [1.54, 1.807) is 18.2 Å². The minimum atomic E-state index is -3.25. The summed E-state index contributed by atoms with van der Waals surface area (Å²) in [6.45, 7) is 3.86. The molecule has 0 N–H and O–H groups in total. The van der Waals surface area contributed by atoms with Gasteiger partial charge < -0.3 is 14.5 Å². The van der Waals surface area contributed by atoms with Crippen LogP contribution in [0.3, 0.4) is 0 Å². The molecule has 1 atom stereocenters. The normalized spacial score (nSPS) is 19.4. The summed E-state index contributed by atoms with van der Waals surface area (Å²) in [6.07, 6.45) is 5.48. The summed E-state index contributed by atoms with van der Waals surface area (Å²) < 4.78 is 43.5. The third-order valence-corrected chi connectivity index (χ3v) is 7.36. The molecule has 1 amide bonds. The molecule has 2 fully saturated rings. The van der Waals surface area contributed by atoms with Crippen molar-refractivity contribution in [1.82, 2.24) is 9.80 Å². The van der Waals surface area contributed by atoms with Crippen molar-refractivity contribution in [3.63, 3.8) is 0 Å². The lowest BCUT2D eigenvalue weighted by molar-refractivity contribution is 0.0704. The number of benzene rings is 2. The minimum absolute atomic E-state index is 0.0724. The van der Waals surface area contributed by atoms with E-state index in [1.807, 2.05) is 4.90 Å². The number of nitrogens with zero attached hydrogens (tertiary/aromatic N) is 2. The fraction of sp³-hybridized carbons (Fsp3) is 0.458. The summed E-state index contributed by atoms with van der Waals surface area (Å²) >= 11 is 0. The van der Waals surface area contributed by atoms with Gasteiger partial charge in [0.15, 0.2) is 9.84 Å². The molecule has 0 bridgehead atoms. The van der Waals surface area contributed by atoms with Gasteiger partial charge in [0.25, 0.3) is 5.91 Å². The average Bonchev–Trinajstić information content (AvgIpc) is 3.44. The van der Waals surface area contributed by atoms with E-state index in [0.29, 0.717) is 12.3 Å². The standard InChI is InChI=1S/C24H29FN2O4S/c1-32(29,30)21-9-6-18(7-10-21)17-31-20-8-11-22(23(25)15-20)24(28)27-14-4-5-19(27)16-26-12-2-3-13-26/h6-11,15,19H,2-5,12-14,16-17H2,1H3/t19-/m0/s1. The van der Waals surface area contributed by atoms with E-state index in [9.17, 15) is 17.6 Å². The van der Waals surface area contributed by atoms with E-state index in [-0.39, 0.29) is 29.0 Å². The summed E-state index contributed by atoms with van der Waals surface area (Å²) in [5, 5.41) is 0. The van der Waals surface area contributed by atoms with Crippen LogP contribution < -0.4 is 4.74 Å². The van der Waals surface area contributed by atoms with Crippen molar-refractivity contribution in [1.29, 1.82) is 0 Å². The first-order valence-corrected chi connectivity index (χ1v) is 12.9. The third-order valence-electron chi connectivity index (χ3n) is 6.23. The van der Waals surface area contributed by atoms with Gasteiger partial charge in [-0.3, -0.25) is 4.79 Å². The SMILES string of the molecule is CS(=O)(=O)c1ccc(COc2ccc(C(=O)N3CCC[C@H]3CN3CCCC3)c(F)c2)cc1. The van der Waals surface area contributed by atoms with Gasteiger partial charge in [-0.05, 0) is 68.6 Å². The lowest BCUT2D eigenvalue weighted by atomic mass is 10.1. The van der Waals surface area contributed by atoms with Gasteiger partial charge in [-0.25, -0.2) is 12.8 Å². The topological polar surface area (TPSA) is 66.9 Å². The Morgan fingerprint density at radius 2 is 1.78 bits per heavy atom. The van der Waals surface area contributed by atoms with Gasteiger partial charge in [0, 0.05) is 31.5 Å². The first kappa shape index (κ1) is 22.7. The fourth-order valence-electron chi connectivity index (χ4n) is 4.47. The molecule has 2 heterocycles. The van der Waals surface area contributed by atoms with Crippen molar-refractivity contribution in [3.05, 3.63) is 59.4 Å². The summed E-state index contributed by atoms with van der Waals surface area (Å²) in [5.41, 5.74) is 0.836. The molecule has 2 aromatic carbocycles. The Kier molecular flexibility index (Phi) is 6.81. The van der Waals surface area contributed by atoms with E-state index in [1.165, 1.54) is 37.1 Å². The zero-order valence-electron chi connectivity index (χ0n) is 18.3. The zero-order chi connectivity index (χ0) is 22.7. The maximum Gasteiger partial charge on any atom is 0.257 e. The molecule has 8 heteroatoms. The van der Waals surface area contributed by atoms with Crippen molar-refractivity contribution in [2.75, 3.05) is 32.4 Å². The quantitative estimate of drug-likeness (QED) is 0.633. The van der Waals surface area contributed by atoms with Crippen LogP contribution in [0.4, 0.5) is 4.39 Å². The number of hydrogen-bond acceptors (Lipinski definition) is 5. The van der Waals surface area contributed by atoms with Crippen LogP contribution in [0.5, 0.6) is 5.75 Å². The number of rotatable bonds is 7. The number of carbonyl (C=O) groups is 1. The Morgan fingerprint density at radius 1 is 1.06 bits per heavy atom. The molecule has 2 saturated heterocycles. The van der Waals surface area contributed by atoms with Crippen LogP contribution in [0.15, 0.2) is 47.4 Å². The third kappa shape index (κ3) is 5.30. The van der Waals surface area contributed by atoms with Gasteiger partial charge in [-0.15, -0.1) is 0 Å². The monoisotopic (exact) mass is 460 g/mol. The lowest BCUT2D eigenvalue weighted by Crippen LogP contribution is -2.42. The highest BCUT2D eigenvalue weighted by atomic mass is 32.2. The van der Waals surface area contributed by atoms with Gasteiger partial charge >= 0.3 is 0 Å². The summed E-state index contributed by atoms with van der Waals surface area (Å²) in [7, 11) is -3.25. The second-order valence-electron chi connectivity index (χ2n) is 8.65. The molecule has 0 aliphatic carbocycles. The highest BCUT2D eigenvalue weighted by Crippen LogP contribution is 2.25. The van der Waals surface area contributed by atoms with Crippen LogP contribution in [0.2, 0.25) is 0 Å². The molecule has 4 rings (SSSR count). The lowest BCUT2D eigenvalue weighted by Gasteiger charge is -2.28. The minimum Gasteiger partial charge on any atom is -0.489 e. The molecule has 2 aliphatic heterocycles. The van der Waals surface area contributed by atoms with E-state index >= 15 is 0 Å². The molecule has 0 saturated carbocycles. The molecule has 32 heavy (non-hydrogen) atoms. The Bertz CT molecular complexity index is 1070. The zero-order valence-corrected chi connectivity index (χ0v) is 19.1. The van der Waals surface area contributed by atoms with Gasteiger partial charge in [0.1, 0.15) is 18.2 Å². The van der Waals surface area contributed by atoms with Gasteiger partial charge in [0.05, 0.1) is 10.5 Å². The highest BCUT2D eigenvalue weighted by molar-refractivity contribution is 7.90. The van der Waals surface area contributed by atoms with Gasteiger partial charge in [0.2, 0.25) is 0 Å². The number of halogens is 1. The van der Waals surface area contributed by atoms with Crippen LogP contribution in [-0.4, -0.2) is 62.6 Å². The van der Waals surface area contributed by atoms with Crippen LogP contribution >= 0.6 is 0 Å². The van der Waals surface area contributed by atoms with Crippen LogP contribution in [0.1, 0.15) is 41.6 Å². The molecule has 0 aromatic heterocycles. The van der Waals surface area contributed by atoms with E-state index < -0.39 is 15.7 Å². The first-order chi connectivity index (χ1) is 15.3. The number of likely N-dealkylation sites (tertiary alicyclic amines) is 2. The Labute approximate surface area is 188 Å². The van der Waals surface area contributed by atoms with Crippen LogP contribution in [-0.2, 0) is 16.4 Å². The second kappa shape index (κ2) is 9.58. The van der Waals surface area contributed by atoms with Crippen LogP contribution in [0.25, 0.3) is 0 Å². The highest BCUT2D eigenvalue weighted by Gasteiger charge is 2.32. The maximum atomic E-state index is 14.8. The van der Waals surface area contributed by atoms with Crippen molar-refractivity contribution in [2.45, 2.75) is 43.2 Å². The molecule has 172 valence electrons. The van der Waals surface area contributed by atoms with E-state index in [0.717, 1.165) is 44.3 Å². The van der Waals surface area contributed by atoms with Gasteiger partial charge in [-0.2, -0.15) is 0 Å². The summed E-state index contributed by atoms with van der Waals surface area (Å²) in [5.74, 6) is -0.528. The molecule has 0 radical (unpaired) electrons. The molecular formula is C24H29FN2O4S. The first-order valence-electron chi connectivity index (χ1n) is 11.1. The number of ether oxygens (including phenoxy) is 1. The number of carbonyl (C=O) groups excluding carboxylic acids is 1. The predicted octanol–water partition coefficient (Wildman–Crippen LogP) is 3.51. The molecule has 2 aromatic rings. The maximum absolute atomic E-state index is 14.8. The summed E-state index contributed by atoms with van der Waals surface area (Å²) in [4.78, 5) is 17.5. The van der Waals surface area contributed by atoms with Crippen molar-refractivity contribution in [2.24, 2.45) is 0 Å². The molecule has 2 aliphatic rings. The molecule has 0 unspecified atom stereocenters.